The molecule has 0 aliphatic carbocycles. The van der Waals surface area contributed by atoms with Crippen molar-refractivity contribution in [2.45, 2.75) is 13.8 Å². The first-order chi connectivity index (χ1) is 7.63. The fraction of sp³-hybridized carbons (Fsp3) is 0.200. The molecule has 16 heavy (non-hydrogen) atoms. The first-order valence-corrected chi connectivity index (χ1v) is 4.67. The van der Waals surface area contributed by atoms with Gasteiger partial charge in [0.2, 0.25) is 5.96 Å². The zero-order valence-electron chi connectivity index (χ0n) is 9.11. The van der Waals surface area contributed by atoms with Crippen LogP contribution in [0.1, 0.15) is 13.8 Å². The fourth-order valence-electron chi connectivity index (χ4n) is 0.801. The van der Waals surface area contributed by atoms with Crippen molar-refractivity contribution in [3.63, 3.8) is 0 Å². The van der Waals surface area contributed by atoms with Crippen LogP contribution in [0.2, 0.25) is 0 Å². The lowest BCUT2D eigenvalue weighted by Gasteiger charge is -1.96. The van der Waals surface area contributed by atoms with Crippen LogP contribution in [-0.2, 0) is 0 Å². The lowest BCUT2D eigenvalue weighted by atomic mass is 10.3. The van der Waals surface area contributed by atoms with Gasteiger partial charge in [-0.1, -0.05) is 13.8 Å². The van der Waals surface area contributed by atoms with Crippen molar-refractivity contribution in [2.24, 2.45) is 21.5 Å². The molecule has 4 nitrogen and oxygen atoms in total. The van der Waals surface area contributed by atoms with E-state index in [9.17, 15) is 8.78 Å². The summed E-state index contributed by atoms with van der Waals surface area (Å²) in [5, 5.41) is 0. The van der Waals surface area contributed by atoms with Gasteiger partial charge < -0.3 is 11.5 Å². The average molecular weight is 228 g/mol. The van der Waals surface area contributed by atoms with Gasteiger partial charge in [-0.2, -0.15) is 0 Å². The van der Waals surface area contributed by atoms with E-state index < -0.39 is 11.6 Å². The predicted molar refractivity (Wildman–Crippen MR) is 61.7 cm³/mol. The summed E-state index contributed by atoms with van der Waals surface area (Å²) in [5.41, 5.74) is 10.1. The Morgan fingerprint density at radius 2 is 1.94 bits per heavy atom. The van der Waals surface area contributed by atoms with E-state index in [1.165, 1.54) is 0 Å². The van der Waals surface area contributed by atoms with Gasteiger partial charge in [0, 0.05) is 6.07 Å². The van der Waals surface area contributed by atoms with Gasteiger partial charge in [-0.25, -0.2) is 18.8 Å². The van der Waals surface area contributed by atoms with E-state index in [2.05, 4.69) is 9.98 Å². The molecule has 0 aromatic heterocycles. The quantitative estimate of drug-likeness (QED) is 0.569. The molecule has 6 heteroatoms. The van der Waals surface area contributed by atoms with E-state index in [-0.39, 0.29) is 11.6 Å². The van der Waals surface area contributed by atoms with Crippen molar-refractivity contribution < 1.29 is 8.78 Å². The number of halogens is 2. The molecule has 88 valence electrons. The van der Waals surface area contributed by atoms with Crippen molar-refractivity contribution in [2.75, 3.05) is 0 Å². The van der Waals surface area contributed by atoms with Crippen molar-refractivity contribution >= 4 is 18.0 Å². The van der Waals surface area contributed by atoms with Gasteiger partial charge in [0.15, 0.2) is 5.82 Å². The summed E-state index contributed by atoms with van der Waals surface area (Å²) >= 11 is 0. The molecule has 0 saturated carbocycles. The molecule has 0 bridgehead atoms. The summed E-state index contributed by atoms with van der Waals surface area (Å²) in [4.78, 5) is 6.97. The van der Waals surface area contributed by atoms with Gasteiger partial charge >= 0.3 is 0 Å². The molecule has 0 amide bonds. The molecule has 1 aromatic carbocycles. The summed E-state index contributed by atoms with van der Waals surface area (Å²) in [6, 6.07) is 2.93. The first-order valence-electron chi connectivity index (χ1n) is 4.67. The highest BCUT2D eigenvalue weighted by atomic mass is 19.1. The van der Waals surface area contributed by atoms with Gasteiger partial charge in [0.25, 0.3) is 0 Å². The Morgan fingerprint density at radius 1 is 1.31 bits per heavy atom. The lowest BCUT2D eigenvalue weighted by molar-refractivity contribution is 0.585. The van der Waals surface area contributed by atoms with Crippen LogP contribution in [0.25, 0.3) is 0 Å². The molecule has 0 unspecified atom stereocenters. The van der Waals surface area contributed by atoms with Crippen LogP contribution in [0.15, 0.2) is 28.2 Å². The molecule has 0 spiro atoms. The Balaban J connectivity index is 0.00000106. The van der Waals surface area contributed by atoms with Gasteiger partial charge in [0.1, 0.15) is 11.5 Å². The maximum atomic E-state index is 13.0. The number of aliphatic imine (C=N–C) groups is 2. The Labute approximate surface area is 92.7 Å². The van der Waals surface area contributed by atoms with E-state index in [0.29, 0.717) is 6.07 Å². The highest BCUT2D eigenvalue weighted by Gasteiger charge is 2.02. The zero-order chi connectivity index (χ0) is 12.6. The minimum Gasteiger partial charge on any atom is -0.390 e. The number of hydrogen-bond donors (Lipinski definition) is 2. The molecule has 0 atom stereocenters. The molecule has 1 aromatic rings. The van der Waals surface area contributed by atoms with E-state index in [4.69, 9.17) is 11.5 Å². The van der Waals surface area contributed by atoms with Gasteiger partial charge in [-0.15, -0.1) is 0 Å². The summed E-state index contributed by atoms with van der Waals surface area (Å²) in [6.45, 7) is 4.00. The monoisotopic (exact) mass is 228 g/mol. The van der Waals surface area contributed by atoms with Crippen LogP contribution < -0.4 is 11.5 Å². The van der Waals surface area contributed by atoms with Crippen molar-refractivity contribution in [1.82, 2.24) is 0 Å². The molecule has 1 rings (SSSR count). The number of hydrogen-bond acceptors (Lipinski definition) is 1. The summed E-state index contributed by atoms with van der Waals surface area (Å²) in [7, 11) is 0. The smallest absolute Gasteiger partial charge is 0.222 e. The maximum absolute atomic E-state index is 13.0. The second-order valence-electron chi connectivity index (χ2n) is 2.34. The molecule has 0 heterocycles. The maximum Gasteiger partial charge on any atom is 0.222 e. The SMILES string of the molecule is CC.N/C=N\C(N)=Nc1ccc(F)cc1F. The number of nitrogens with two attached hydrogens (primary N) is 2. The molecule has 0 aliphatic heterocycles. The van der Waals surface area contributed by atoms with E-state index in [1.807, 2.05) is 13.8 Å². The van der Waals surface area contributed by atoms with Crippen LogP contribution in [0.4, 0.5) is 14.5 Å². The topological polar surface area (TPSA) is 76.8 Å². The number of rotatable bonds is 1. The summed E-state index contributed by atoms with van der Waals surface area (Å²) < 4.78 is 25.4. The number of benzene rings is 1. The Kier molecular flexibility index (Phi) is 6.42. The van der Waals surface area contributed by atoms with Crippen molar-refractivity contribution in [3.8, 4) is 0 Å². The Morgan fingerprint density at radius 3 is 2.44 bits per heavy atom. The largest absolute Gasteiger partial charge is 0.390 e. The molecular weight excluding hydrogens is 214 g/mol. The molecule has 0 saturated heterocycles. The highest BCUT2D eigenvalue weighted by molar-refractivity contribution is 5.87. The van der Waals surface area contributed by atoms with Gasteiger partial charge in [-0.3, -0.25) is 0 Å². The van der Waals surface area contributed by atoms with E-state index >= 15 is 0 Å². The Bertz CT molecular complexity index is 388. The average Bonchev–Trinajstić information content (AvgIpc) is 2.26. The number of nitrogens with zero attached hydrogens (tertiary/aromatic N) is 2. The van der Waals surface area contributed by atoms with Crippen molar-refractivity contribution in [3.05, 3.63) is 29.8 Å². The second kappa shape index (κ2) is 7.33. The summed E-state index contributed by atoms with van der Waals surface area (Å²) in [5.74, 6) is -1.68. The summed E-state index contributed by atoms with van der Waals surface area (Å²) in [6.07, 6.45) is 0.931. The zero-order valence-corrected chi connectivity index (χ0v) is 9.11. The van der Waals surface area contributed by atoms with Gasteiger partial charge in [-0.05, 0) is 12.1 Å². The normalized spacial score (nSPS) is 11.1. The van der Waals surface area contributed by atoms with E-state index in [1.54, 1.807) is 0 Å². The Hall–Kier alpha value is -1.98. The third kappa shape index (κ3) is 4.50. The lowest BCUT2D eigenvalue weighted by Crippen LogP contribution is -2.09. The molecule has 0 radical (unpaired) electrons. The third-order valence-electron chi connectivity index (χ3n) is 1.35. The fourth-order valence-corrected chi connectivity index (χ4v) is 0.801. The van der Waals surface area contributed by atoms with Crippen LogP contribution in [0.3, 0.4) is 0 Å². The molecule has 0 aliphatic rings. The first kappa shape index (κ1) is 14.0. The molecule has 4 N–H and O–H groups in total. The minimum absolute atomic E-state index is 0.0884. The second-order valence-corrected chi connectivity index (χ2v) is 2.34. The van der Waals surface area contributed by atoms with Crippen LogP contribution in [-0.4, -0.2) is 12.3 Å². The molecule has 0 fully saturated rings. The third-order valence-corrected chi connectivity index (χ3v) is 1.35. The minimum atomic E-state index is -0.805. The van der Waals surface area contributed by atoms with Crippen LogP contribution in [0, 0.1) is 11.6 Å². The standard InChI is InChI=1S/C8H8F2N4.C2H6/c9-5-1-2-7(6(10)3-5)14-8(12)13-4-11;1-2/h1-4H,(H4,11,12,13,14);1-2H3. The van der Waals surface area contributed by atoms with E-state index in [0.717, 1.165) is 18.5 Å². The molecular formula is C10H14F2N4. The van der Waals surface area contributed by atoms with Crippen molar-refractivity contribution in [1.29, 1.82) is 0 Å². The van der Waals surface area contributed by atoms with Gasteiger partial charge in [0.05, 0.1) is 6.34 Å². The van der Waals surface area contributed by atoms with Crippen LogP contribution in [0.5, 0.6) is 0 Å². The van der Waals surface area contributed by atoms with Crippen LogP contribution >= 0.6 is 0 Å². The number of guanidine groups is 1. The predicted octanol–water partition coefficient (Wildman–Crippen LogP) is 1.92. The highest BCUT2D eigenvalue weighted by Crippen LogP contribution is 2.17.